The second-order valence-electron chi connectivity index (χ2n) is 3.49. The lowest BCUT2D eigenvalue weighted by Crippen LogP contribution is -2.34. The molecule has 17 heavy (non-hydrogen) atoms. The number of nitro benzene ring substituents is 1. The number of ether oxygens (including phenoxy) is 1. The van der Waals surface area contributed by atoms with E-state index in [9.17, 15) is 14.9 Å². The first-order chi connectivity index (χ1) is 8.04. The highest BCUT2D eigenvalue weighted by Crippen LogP contribution is 2.13. The van der Waals surface area contributed by atoms with E-state index < -0.39 is 16.9 Å². The van der Waals surface area contributed by atoms with Crippen LogP contribution in [0.25, 0.3) is 0 Å². The van der Waals surface area contributed by atoms with Crippen LogP contribution in [0.2, 0.25) is 0 Å². The predicted octanol–water partition coefficient (Wildman–Crippen LogP) is 1.03. The standard InChI is InChI=1S/C11H14N2O4/c1-2-17-11(14)10(12)7-8-3-5-9(6-4-8)13(15)16/h3-6,10H,2,7,12H2,1H3/t10-/m1/s1. The minimum Gasteiger partial charge on any atom is -0.465 e. The van der Waals surface area contributed by atoms with Crippen LogP contribution in [-0.2, 0) is 16.0 Å². The number of esters is 1. The van der Waals surface area contributed by atoms with Gasteiger partial charge in [0.25, 0.3) is 5.69 Å². The van der Waals surface area contributed by atoms with Crippen LogP contribution in [-0.4, -0.2) is 23.5 Å². The molecule has 1 rings (SSSR count). The number of carbonyl (C=O) groups excluding carboxylic acids is 1. The van der Waals surface area contributed by atoms with Crippen molar-refractivity contribution in [2.75, 3.05) is 6.61 Å². The van der Waals surface area contributed by atoms with E-state index in [1.54, 1.807) is 19.1 Å². The van der Waals surface area contributed by atoms with E-state index in [1.807, 2.05) is 0 Å². The van der Waals surface area contributed by atoms with Crippen LogP contribution in [0, 0.1) is 10.1 Å². The molecule has 0 radical (unpaired) electrons. The number of nitrogens with zero attached hydrogens (tertiary/aromatic N) is 1. The molecule has 0 bridgehead atoms. The van der Waals surface area contributed by atoms with Gasteiger partial charge in [-0.3, -0.25) is 14.9 Å². The van der Waals surface area contributed by atoms with Crippen LogP contribution in [0.5, 0.6) is 0 Å². The van der Waals surface area contributed by atoms with E-state index in [0.717, 1.165) is 5.56 Å². The average Bonchev–Trinajstić information content (AvgIpc) is 2.30. The van der Waals surface area contributed by atoms with Gasteiger partial charge in [-0.05, 0) is 18.9 Å². The lowest BCUT2D eigenvalue weighted by atomic mass is 10.1. The maximum atomic E-state index is 11.3. The lowest BCUT2D eigenvalue weighted by Gasteiger charge is -2.10. The summed E-state index contributed by atoms with van der Waals surface area (Å²) in [4.78, 5) is 21.2. The van der Waals surface area contributed by atoms with Gasteiger partial charge in [0.05, 0.1) is 11.5 Å². The Morgan fingerprint density at radius 3 is 2.53 bits per heavy atom. The molecule has 0 amide bonds. The largest absolute Gasteiger partial charge is 0.465 e. The van der Waals surface area contributed by atoms with E-state index in [2.05, 4.69) is 0 Å². The normalized spacial score (nSPS) is 11.9. The van der Waals surface area contributed by atoms with E-state index >= 15 is 0 Å². The van der Waals surface area contributed by atoms with Crippen molar-refractivity contribution >= 4 is 11.7 Å². The minimum atomic E-state index is -0.739. The fourth-order valence-electron chi connectivity index (χ4n) is 1.34. The molecule has 92 valence electrons. The van der Waals surface area contributed by atoms with Gasteiger partial charge in [-0.2, -0.15) is 0 Å². The van der Waals surface area contributed by atoms with Crippen molar-refractivity contribution in [1.82, 2.24) is 0 Å². The predicted molar refractivity (Wildman–Crippen MR) is 61.4 cm³/mol. The summed E-state index contributed by atoms with van der Waals surface area (Å²) >= 11 is 0. The van der Waals surface area contributed by atoms with Crippen molar-refractivity contribution in [3.63, 3.8) is 0 Å². The van der Waals surface area contributed by atoms with E-state index in [-0.39, 0.29) is 12.3 Å². The van der Waals surface area contributed by atoms with Crippen LogP contribution in [0.3, 0.4) is 0 Å². The van der Waals surface area contributed by atoms with Crippen molar-refractivity contribution in [2.24, 2.45) is 5.73 Å². The molecule has 1 atom stereocenters. The zero-order valence-electron chi connectivity index (χ0n) is 9.46. The summed E-state index contributed by atoms with van der Waals surface area (Å²) < 4.78 is 4.77. The lowest BCUT2D eigenvalue weighted by molar-refractivity contribution is -0.384. The van der Waals surface area contributed by atoms with E-state index in [4.69, 9.17) is 10.5 Å². The number of hydrogen-bond acceptors (Lipinski definition) is 5. The molecule has 0 fully saturated rings. The molecule has 1 aromatic carbocycles. The molecule has 0 saturated heterocycles. The first kappa shape index (κ1) is 13.1. The molecule has 0 heterocycles. The Labute approximate surface area is 98.5 Å². The molecular weight excluding hydrogens is 224 g/mol. The summed E-state index contributed by atoms with van der Waals surface area (Å²) in [6.45, 7) is 1.99. The Morgan fingerprint density at radius 2 is 2.06 bits per heavy atom. The summed E-state index contributed by atoms with van der Waals surface area (Å²) in [6.07, 6.45) is 0.302. The number of rotatable bonds is 5. The Bertz CT molecular complexity index is 402. The van der Waals surface area contributed by atoms with Crippen LogP contribution >= 0.6 is 0 Å². The number of nitro groups is 1. The topological polar surface area (TPSA) is 95.5 Å². The van der Waals surface area contributed by atoms with Crippen LogP contribution < -0.4 is 5.73 Å². The molecule has 1 aromatic rings. The third-order valence-corrected chi connectivity index (χ3v) is 2.19. The second kappa shape index (κ2) is 5.95. The maximum absolute atomic E-state index is 11.3. The third kappa shape index (κ3) is 3.84. The first-order valence-corrected chi connectivity index (χ1v) is 5.20. The molecule has 0 spiro atoms. The zero-order valence-corrected chi connectivity index (χ0v) is 9.46. The number of carbonyl (C=O) groups is 1. The molecule has 0 aromatic heterocycles. The molecule has 6 nitrogen and oxygen atoms in total. The van der Waals surface area contributed by atoms with Gasteiger partial charge < -0.3 is 10.5 Å². The Balaban J connectivity index is 2.63. The van der Waals surface area contributed by atoms with Crippen molar-refractivity contribution in [3.8, 4) is 0 Å². The van der Waals surface area contributed by atoms with Crippen molar-refractivity contribution in [3.05, 3.63) is 39.9 Å². The average molecular weight is 238 g/mol. The monoisotopic (exact) mass is 238 g/mol. The third-order valence-electron chi connectivity index (χ3n) is 2.19. The van der Waals surface area contributed by atoms with Crippen molar-refractivity contribution in [1.29, 1.82) is 0 Å². The summed E-state index contributed by atoms with van der Waals surface area (Å²) in [5.74, 6) is -0.467. The van der Waals surface area contributed by atoms with Gasteiger partial charge in [-0.15, -0.1) is 0 Å². The smallest absolute Gasteiger partial charge is 0.323 e. The fraction of sp³-hybridized carbons (Fsp3) is 0.364. The van der Waals surface area contributed by atoms with E-state index in [0.29, 0.717) is 6.42 Å². The summed E-state index contributed by atoms with van der Waals surface area (Å²) in [7, 11) is 0. The van der Waals surface area contributed by atoms with Gasteiger partial charge in [-0.1, -0.05) is 12.1 Å². The highest BCUT2D eigenvalue weighted by molar-refractivity contribution is 5.75. The zero-order chi connectivity index (χ0) is 12.8. The van der Waals surface area contributed by atoms with Gasteiger partial charge in [0.2, 0.25) is 0 Å². The van der Waals surface area contributed by atoms with Crippen LogP contribution in [0.15, 0.2) is 24.3 Å². The molecule has 6 heteroatoms. The molecular formula is C11H14N2O4. The van der Waals surface area contributed by atoms with Gasteiger partial charge in [0.1, 0.15) is 6.04 Å². The van der Waals surface area contributed by atoms with Gasteiger partial charge in [-0.25, -0.2) is 0 Å². The Hall–Kier alpha value is -1.95. The highest BCUT2D eigenvalue weighted by atomic mass is 16.6. The quantitative estimate of drug-likeness (QED) is 0.469. The summed E-state index contributed by atoms with van der Waals surface area (Å²) in [5, 5.41) is 10.4. The highest BCUT2D eigenvalue weighted by Gasteiger charge is 2.15. The summed E-state index contributed by atoms with van der Waals surface area (Å²) in [6, 6.07) is 5.19. The molecule has 2 N–H and O–H groups in total. The SMILES string of the molecule is CCOC(=O)[C@H](N)Cc1ccc([N+](=O)[O-])cc1. The van der Waals surface area contributed by atoms with E-state index in [1.165, 1.54) is 12.1 Å². The number of non-ortho nitro benzene ring substituents is 1. The molecule has 0 unspecified atom stereocenters. The maximum Gasteiger partial charge on any atom is 0.323 e. The first-order valence-electron chi connectivity index (χ1n) is 5.20. The van der Waals surface area contributed by atoms with Crippen molar-refractivity contribution in [2.45, 2.75) is 19.4 Å². The molecule has 0 aliphatic rings. The molecule has 0 aliphatic carbocycles. The molecule has 0 aliphatic heterocycles. The van der Waals surface area contributed by atoms with Gasteiger partial charge in [0.15, 0.2) is 0 Å². The summed E-state index contributed by atoms with van der Waals surface area (Å²) in [5.41, 5.74) is 6.40. The minimum absolute atomic E-state index is 0.0125. The van der Waals surface area contributed by atoms with Crippen LogP contribution in [0.1, 0.15) is 12.5 Å². The fourth-order valence-corrected chi connectivity index (χ4v) is 1.34. The number of hydrogen-bond donors (Lipinski definition) is 1. The van der Waals surface area contributed by atoms with Gasteiger partial charge >= 0.3 is 5.97 Å². The van der Waals surface area contributed by atoms with Crippen LogP contribution in [0.4, 0.5) is 5.69 Å². The Kier molecular flexibility index (Phi) is 4.59. The van der Waals surface area contributed by atoms with Gasteiger partial charge in [0, 0.05) is 12.1 Å². The number of benzene rings is 1. The van der Waals surface area contributed by atoms with Crippen molar-refractivity contribution < 1.29 is 14.5 Å². The number of nitrogens with two attached hydrogens (primary N) is 1. The second-order valence-corrected chi connectivity index (χ2v) is 3.49. The Morgan fingerprint density at radius 1 is 1.47 bits per heavy atom. The molecule has 0 saturated carbocycles.